The zero-order valence-corrected chi connectivity index (χ0v) is 15.1. The summed E-state index contributed by atoms with van der Waals surface area (Å²) in [4.78, 5) is 23.3. The summed E-state index contributed by atoms with van der Waals surface area (Å²) in [6.45, 7) is 8.01. The number of carbonyl (C=O) groups excluding carboxylic acids is 1. The second-order valence-electron chi connectivity index (χ2n) is 5.85. The number of aryl methyl sites for hydroxylation is 1. The Morgan fingerprint density at radius 2 is 1.78 bits per heavy atom. The summed E-state index contributed by atoms with van der Waals surface area (Å²) < 4.78 is 0. The zero-order chi connectivity index (χ0) is 17.0. The van der Waals surface area contributed by atoms with E-state index >= 15 is 0 Å². The first-order valence-electron chi connectivity index (χ1n) is 7.73. The molecule has 5 heteroatoms. The molecule has 0 aliphatic heterocycles. The van der Waals surface area contributed by atoms with E-state index in [9.17, 15) is 4.79 Å². The summed E-state index contributed by atoms with van der Waals surface area (Å²) in [6, 6.07) is 11.6. The van der Waals surface area contributed by atoms with E-state index in [0.29, 0.717) is 0 Å². The Hall–Kier alpha value is -1.88. The molecule has 2 rings (SSSR count). The highest BCUT2D eigenvalue weighted by Crippen LogP contribution is 2.26. The smallest absolute Gasteiger partial charge is 0.239 e. The van der Waals surface area contributed by atoms with Crippen molar-refractivity contribution in [3.63, 3.8) is 0 Å². The van der Waals surface area contributed by atoms with E-state index in [1.165, 1.54) is 11.8 Å². The van der Waals surface area contributed by atoms with E-state index in [4.69, 9.17) is 0 Å². The molecule has 0 fully saturated rings. The molecular weight excluding hydrogens is 306 g/mol. The van der Waals surface area contributed by atoms with Gasteiger partial charge in [-0.05, 0) is 32.0 Å². The number of nitrogens with zero attached hydrogens (tertiary/aromatic N) is 3. The maximum atomic E-state index is 12.6. The minimum Gasteiger partial charge on any atom is -0.315 e. The normalized spacial score (nSPS) is 12.3. The number of aromatic nitrogens is 2. The molecule has 0 N–H and O–H groups in total. The van der Waals surface area contributed by atoms with Crippen LogP contribution in [0.5, 0.6) is 0 Å². The van der Waals surface area contributed by atoms with Crippen LogP contribution in [0.3, 0.4) is 0 Å². The summed E-state index contributed by atoms with van der Waals surface area (Å²) in [6.07, 6.45) is 0. The van der Waals surface area contributed by atoms with Crippen LogP contribution in [0.15, 0.2) is 41.4 Å². The molecule has 1 heterocycles. The molecule has 0 bridgehead atoms. The molecule has 23 heavy (non-hydrogen) atoms. The summed E-state index contributed by atoms with van der Waals surface area (Å²) in [5.74, 6) is 1.15. The quantitative estimate of drug-likeness (QED) is 0.613. The SMILES string of the molecule is Cc1cc(S[C@H](C)C(=O)N(C)c2ccccc2)nc(C(C)C)n1. The molecular formula is C18H23N3OS. The van der Waals surface area contributed by atoms with Gasteiger partial charge in [-0.25, -0.2) is 9.97 Å². The van der Waals surface area contributed by atoms with E-state index in [1.54, 1.807) is 11.9 Å². The summed E-state index contributed by atoms with van der Waals surface area (Å²) in [5, 5.41) is 0.637. The van der Waals surface area contributed by atoms with Crippen molar-refractivity contribution in [1.29, 1.82) is 0 Å². The highest BCUT2D eigenvalue weighted by Gasteiger charge is 2.21. The van der Waals surface area contributed by atoms with Crippen LogP contribution in [0, 0.1) is 6.92 Å². The van der Waals surface area contributed by atoms with Crippen LogP contribution in [0.4, 0.5) is 5.69 Å². The molecule has 0 spiro atoms. The van der Waals surface area contributed by atoms with Gasteiger partial charge < -0.3 is 4.90 Å². The number of anilines is 1. The van der Waals surface area contributed by atoms with Crippen molar-refractivity contribution in [2.45, 2.75) is 43.9 Å². The lowest BCUT2D eigenvalue weighted by molar-refractivity contribution is -0.117. The Bertz CT molecular complexity index is 673. The molecule has 122 valence electrons. The zero-order valence-electron chi connectivity index (χ0n) is 14.3. The van der Waals surface area contributed by atoms with Gasteiger partial charge in [-0.3, -0.25) is 4.79 Å². The van der Waals surface area contributed by atoms with Crippen molar-refractivity contribution in [3.05, 3.63) is 47.9 Å². The molecule has 1 aromatic carbocycles. The second kappa shape index (κ2) is 7.59. The number of thioether (sulfide) groups is 1. The number of para-hydroxylation sites is 1. The Balaban J connectivity index is 2.12. The average molecular weight is 329 g/mol. The van der Waals surface area contributed by atoms with Crippen molar-refractivity contribution >= 4 is 23.4 Å². The predicted molar refractivity (Wildman–Crippen MR) is 96.0 cm³/mol. The minimum absolute atomic E-state index is 0.0589. The lowest BCUT2D eigenvalue weighted by Crippen LogP contribution is -2.33. The van der Waals surface area contributed by atoms with Crippen molar-refractivity contribution in [1.82, 2.24) is 9.97 Å². The number of hydrogen-bond donors (Lipinski definition) is 0. The highest BCUT2D eigenvalue weighted by molar-refractivity contribution is 8.00. The third-order valence-electron chi connectivity index (χ3n) is 3.48. The van der Waals surface area contributed by atoms with Gasteiger partial charge in [-0.15, -0.1) is 0 Å². The molecule has 0 unspecified atom stereocenters. The second-order valence-corrected chi connectivity index (χ2v) is 7.21. The number of hydrogen-bond acceptors (Lipinski definition) is 4. The van der Waals surface area contributed by atoms with Gasteiger partial charge in [-0.1, -0.05) is 43.8 Å². The standard InChI is InChI=1S/C18H23N3OS/c1-12(2)17-19-13(3)11-16(20-17)23-14(4)18(22)21(5)15-9-7-6-8-10-15/h6-12,14H,1-5H3/t14-/m1/s1. The lowest BCUT2D eigenvalue weighted by atomic mass is 10.2. The summed E-state index contributed by atoms with van der Waals surface area (Å²) in [7, 11) is 1.81. The molecule has 4 nitrogen and oxygen atoms in total. The first-order valence-corrected chi connectivity index (χ1v) is 8.61. The topological polar surface area (TPSA) is 46.1 Å². The van der Waals surface area contributed by atoms with Gasteiger partial charge >= 0.3 is 0 Å². The van der Waals surface area contributed by atoms with Crippen molar-refractivity contribution in [3.8, 4) is 0 Å². The largest absolute Gasteiger partial charge is 0.315 e. The van der Waals surface area contributed by atoms with Crippen LogP contribution in [0.25, 0.3) is 0 Å². The van der Waals surface area contributed by atoms with Gasteiger partial charge in [-0.2, -0.15) is 0 Å². The number of benzene rings is 1. The number of carbonyl (C=O) groups is 1. The Morgan fingerprint density at radius 1 is 1.13 bits per heavy atom. The van der Waals surface area contributed by atoms with Crippen LogP contribution < -0.4 is 4.90 Å². The maximum absolute atomic E-state index is 12.6. The first-order chi connectivity index (χ1) is 10.9. The van der Waals surface area contributed by atoms with E-state index in [2.05, 4.69) is 23.8 Å². The van der Waals surface area contributed by atoms with Crippen LogP contribution in [-0.2, 0) is 4.79 Å². The van der Waals surface area contributed by atoms with Gasteiger partial charge in [0.15, 0.2) is 0 Å². The molecule has 0 saturated heterocycles. The van der Waals surface area contributed by atoms with Crippen molar-refractivity contribution in [2.75, 3.05) is 11.9 Å². The molecule has 1 amide bonds. The fourth-order valence-electron chi connectivity index (χ4n) is 2.16. The number of amides is 1. The van der Waals surface area contributed by atoms with Gasteiger partial charge in [0.1, 0.15) is 10.9 Å². The van der Waals surface area contributed by atoms with Crippen molar-refractivity contribution in [2.24, 2.45) is 0 Å². The minimum atomic E-state index is -0.213. The third-order valence-corrected chi connectivity index (χ3v) is 4.49. The molecule has 1 aromatic heterocycles. The maximum Gasteiger partial charge on any atom is 0.239 e. The van der Waals surface area contributed by atoms with Crippen LogP contribution >= 0.6 is 11.8 Å². The summed E-state index contributed by atoms with van der Waals surface area (Å²) in [5.41, 5.74) is 1.83. The van der Waals surface area contributed by atoms with E-state index in [-0.39, 0.29) is 17.1 Å². The van der Waals surface area contributed by atoms with E-state index in [0.717, 1.165) is 22.2 Å². The highest BCUT2D eigenvalue weighted by atomic mass is 32.2. The summed E-state index contributed by atoms with van der Waals surface area (Å²) >= 11 is 1.48. The van der Waals surface area contributed by atoms with E-state index < -0.39 is 0 Å². The van der Waals surface area contributed by atoms with E-state index in [1.807, 2.05) is 50.2 Å². The number of rotatable bonds is 5. The van der Waals surface area contributed by atoms with Gasteiger partial charge in [0.25, 0.3) is 0 Å². The Morgan fingerprint density at radius 3 is 2.39 bits per heavy atom. The molecule has 2 aromatic rings. The molecule has 0 aliphatic carbocycles. The molecule has 0 aliphatic rings. The van der Waals surface area contributed by atoms with Crippen LogP contribution in [-0.4, -0.2) is 28.2 Å². The molecule has 0 radical (unpaired) electrons. The fraction of sp³-hybridized carbons (Fsp3) is 0.389. The molecule has 1 atom stereocenters. The predicted octanol–water partition coefficient (Wildman–Crippen LogP) is 4.05. The Labute approximate surface area is 142 Å². The average Bonchev–Trinajstić information content (AvgIpc) is 2.53. The fourth-order valence-corrected chi connectivity index (χ4v) is 3.17. The lowest BCUT2D eigenvalue weighted by Gasteiger charge is -2.21. The third kappa shape index (κ3) is 4.55. The van der Waals surface area contributed by atoms with Crippen LogP contribution in [0.2, 0.25) is 0 Å². The van der Waals surface area contributed by atoms with Crippen molar-refractivity contribution < 1.29 is 4.79 Å². The first kappa shape index (κ1) is 17.5. The van der Waals surface area contributed by atoms with Gasteiger partial charge in [0.2, 0.25) is 5.91 Å². The van der Waals surface area contributed by atoms with Gasteiger partial charge in [0.05, 0.1) is 5.25 Å². The molecule has 0 saturated carbocycles. The monoisotopic (exact) mass is 329 g/mol. The van der Waals surface area contributed by atoms with Crippen LogP contribution in [0.1, 0.15) is 38.2 Å². The Kier molecular flexibility index (Phi) is 5.77. The van der Waals surface area contributed by atoms with Gasteiger partial charge in [0, 0.05) is 24.3 Å².